The monoisotopic (exact) mass is 561 g/mol. The molecule has 9 heteroatoms. The van der Waals surface area contributed by atoms with Crippen LogP contribution in [-0.4, -0.2) is 48.6 Å². The van der Waals surface area contributed by atoms with Crippen LogP contribution in [0.5, 0.6) is 5.75 Å². The Labute approximate surface area is 205 Å². The van der Waals surface area contributed by atoms with Gasteiger partial charge in [0.15, 0.2) is 17.5 Å². The van der Waals surface area contributed by atoms with Gasteiger partial charge in [0.2, 0.25) is 0 Å². The van der Waals surface area contributed by atoms with Gasteiger partial charge in [-0.05, 0) is 43.9 Å². The molecule has 0 aliphatic carbocycles. The van der Waals surface area contributed by atoms with E-state index < -0.39 is 0 Å². The molecule has 0 radical (unpaired) electrons. The summed E-state index contributed by atoms with van der Waals surface area (Å²) < 4.78 is 18.9. The number of ether oxygens (including phenoxy) is 1. The van der Waals surface area contributed by atoms with Gasteiger partial charge in [0, 0.05) is 37.6 Å². The highest BCUT2D eigenvalue weighted by Gasteiger charge is 2.20. The number of hydrogen-bond donors (Lipinski definition) is 2. The molecule has 1 aromatic heterocycles. The number of aromatic nitrogens is 1. The lowest BCUT2D eigenvalue weighted by atomic mass is 10.0. The summed E-state index contributed by atoms with van der Waals surface area (Å²) in [6, 6.07) is 5.59. The molecule has 2 N–H and O–H groups in total. The van der Waals surface area contributed by atoms with Gasteiger partial charge in [-0.3, -0.25) is 4.90 Å². The number of thiazole rings is 1. The van der Waals surface area contributed by atoms with Crippen molar-refractivity contribution in [3.63, 3.8) is 0 Å². The van der Waals surface area contributed by atoms with E-state index in [9.17, 15) is 4.39 Å². The summed E-state index contributed by atoms with van der Waals surface area (Å²) in [5.74, 6) is 0.837. The van der Waals surface area contributed by atoms with E-state index in [4.69, 9.17) is 9.73 Å². The standard InChI is InChI=1S/C22H32FN5OS.HI/c1-4-21-26-18(15-30-21)13-25-22(24-5-2)27-17-8-10-28(11-9-17)14-16-6-7-20(29-3)19(23)12-16;/h6-7,12,15,17H,4-5,8-11,13-14H2,1-3H3,(H2,24,25,27);1H. The van der Waals surface area contributed by atoms with Crippen LogP contribution in [0, 0.1) is 5.82 Å². The molecule has 2 heterocycles. The first-order valence-corrected chi connectivity index (χ1v) is 11.5. The van der Waals surface area contributed by atoms with Crippen molar-refractivity contribution in [1.29, 1.82) is 0 Å². The molecule has 2 aromatic rings. The summed E-state index contributed by atoms with van der Waals surface area (Å²) in [5, 5.41) is 10.1. The van der Waals surface area contributed by atoms with Gasteiger partial charge in [-0.1, -0.05) is 13.0 Å². The van der Waals surface area contributed by atoms with E-state index in [1.54, 1.807) is 23.5 Å². The molecule has 1 aliphatic heterocycles. The lowest BCUT2D eigenvalue weighted by Gasteiger charge is -2.33. The van der Waals surface area contributed by atoms with Gasteiger partial charge >= 0.3 is 0 Å². The molecule has 172 valence electrons. The van der Waals surface area contributed by atoms with Gasteiger partial charge < -0.3 is 15.4 Å². The van der Waals surface area contributed by atoms with Crippen molar-refractivity contribution in [2.24, 2.45) is 4.99 Å². The zero-order valence-electron chi connectivity index (χ0n) is 18.5. The number of likely N-dealkylation sites (tertiary alicyclic amines) is 1. The minimum absolute atomic E-state index is 0. The molecule has 1 aromatic carbocycles. The lowest BCUT2D eigenvalue weighted by Crippen LogP contribution is -2.48. The van der Waals surface area contributed by atoms with Crippen molar-refractivity contribution < 1.29 is 9.13 Å². The zero-order valence-corrected chi connectivity index (χ0v) is 21.6. The van der Waals surface area contributed by atoms with E-state index in [1.165, 1.54) is 7.11 Å². The summed E-state index contributed by atoms with van der Waals surface area (Å²) in [7, 11) is 1.49. The predicted octanol–water partition coefficient (Wildman–Crippen LogP) is 4.19. The molecule has 1 fully saturated rings. The van der Waals surface area contributed by atoms with Crippen LogP contribution in [0.25, 0.3) is 0 Å². The van der Waals surface area contributed by atoms with Crippen LogP contribution in [0.2, 0.25) is 0 Å². The summed E-state index contributed by atoms with van der Waals surface area (Å²) in [6.45, 7) is 8.30. The fraction of sp³-hybridized carbons (Fsp3) is 0.545. The average molecular weight is 562 g/mol. The van der Waals surface area contributed by atoms with E-state index in [2.05, 4.69) is 39.7 Å². The highest BCUT2D eigenvalue weighted by Crippen LogP contribution is 2.20. The molecule has 1 aliphatic rings. The number of piperidine rings is 1. The Morgan fingerprint density at radius 2 is 2.10 bits per heavy atom. The third-order valence-corrected chi connectivity index (χ3v) is 6.24. The van der Waals surface area contributed by atoms with Gasteiger partial charge in [-0.15, -0.1) is 35.3 Å². The van der Waals surface area contributed by atoms with Gasteiger partial charge in [0.25, 0.3) is 0 Å². The highest BCUT2D eigenvalue weighted by atomic mass is 127. The zero-order chi connectivity index (χ0) is 21.3. The molecular weight excluding hydrogens is 528 g/mol. The molecule has 0 atom stereocenters. The average Bonchev–Trinajstić information content (AvgIpc) is 3.22. The number of nitrogens with one attached hydrogen (secondary N) is 2. The molecule has 1 saturated heterocycles. The van der Waals surface area contributed by atoms with E-state index >= 15 is 0 Å². The maximum Gasteiger partial charge on any atom is 0.191 e. The first-order valence-electron chi connectivity index (χ1n) is 10.6. The fourth-order valence-electron chi connectivity index (χ4n) is 3.56. The second kappa shape index (κ2) is 13.2. The topological polar surface area (TPSA) is 61.8 Å². The van der Waals surface area contributed by atoms with E-state index in [1.807, 2.05) is 6.07 Å². The van der Waals surface area contributed by atoms with Crippen LogP contribution < -0.4 is 15.4 Å². The number of aliphatic imine (C=N–C) groups is 1. The first-order chi connectivity index (χ1) is 14.6. The second-order valence-corrected chi connectivity index (χ2v) is 8.39. The molecule has 31 heavy (non-hydrogen) atoms. The van der Waals surface area contributed by atoms with E-state index in [0.29, 0.717) is 18.3 Å². The van der Waals surface area contributed by atoms with Crippen molar-refractivity contribution in [2.75, 3.05) is 26.7 Å². The minimum Gasteiger partial charge on any atom is -0.494 e. The Hall–Kier alpha value is -1.46. The third-order valence-electron chi connectivity index (χ3n) is 5.20. The smallest absolute Gasteiger partial charge is 0.191 e. The van der Waals surface area contributed by atoms with Crippen molar-refractivity contribution in [2.45, 2.75) is 52.2 Å². The van der Waals surface area contributed by atoms with Gasteiger partial charge in [0.1, 0.15) is 0 Å². The number of halogens is 2. The largest absolute Gasteiger partial charge is 0.494 e. The van der Waals surface area contributed by atoms with Crippen LogP contribution in [0.3, 0.4) is 0 Å². The summed E-state index contributed by atoms with van der Waals surface area (Å²) in [4.78, 5) is 11.7. The van der Waals surface area contributed by atoms with Gasteiger partial charge in [-0.2, -0.15) is 0 Å². The molecule has 0 bridgehead atoms. The van der Waals surface area contributed by atoms with Crippen LogP contribution >= 0.6 is 35.3 Å². The Balaban J connectivity index is 0.00000341. The van der Waals surface area contributed by atoms with Crippen LogP contribution in [0.15, 0.2) is 28.6 Å². The molecule has 3 rings (SSSR count). The number of nitrogens with zero attached hydrogens (tertiary/aromatic N) is 3. The molecule has 0 unspecified atom stereocenters. The Bertz CT molecular complexity index is 839. The molecule has 6 nitrogen and oxygen atoms in total. The molecular formula is C22H33FIN5OS. The third kappa shape index (κ3) is 7.87. The maximum atomic E-state index is 13.9. The first kappa shape index (κ1) is 25.8. The van der Waals surface area contributed by atoms with Gasteiger partial charge in [0.05, 0.1) is 24.4 Å². The maximum absolute atomic E-state index is 13.9. The number of rotatable bonds is 8. The SMILES string of the molecule is CCNC(=NCc1csc(CC)n1)NC1CCN(Cc2ccc(OC)c(F)c2)CC1.I. The Morgan fingerprint density at radius 1 is 1.32 bits per heavy atom. The summed E-state index contributed by atoms with van der Waals surface area (Å²) in [6.07, 6.45) is 3.02. The predicted molar refractivity (Wildman–Crippen MR) is 136 cm³/mol. The van der Waals surface area contributed by atoms with Crippen molar-refractivity contribution in [3.05, 3.63) is 45.7 Å². The van der Waals surface area contributed by atoms with E-state index in [0.717, 1.165) is 67.7 Å². The van der Waals surface area contributed by atoms with Crippen LogP contribution in [0.1, 0.15) is 43.0 Å². The second-order valence-electron chi connectivity index (χ2n) is 7.44. The van der Waals surface area contributed by atoms with Crippen LogP contribution in [0.4, 0.5) is 4.39 Å². The lowest BCUT2D eigenvalue weighted by molar-refractivity contribution is 0.198. The number of hydrogen-bond acceptors (Lipinski definition) is 5. The van der Waals surface area contributed by atoms with Gasteiger partial charge in [-0.25, -0.2) is 14.4 Å². The molecule has 0 amide bonds. The van der Waals surface area contributed by atoms with Crippen molar-refractivity contribution in [1.82, 2.24) is 20.5 Å². The quantitative estimate of drug-likeness (QED) is 0.288. The minimum atomic E-state index is -0.302. The molecule has 0 spiro atoms. The van der Waals surface area contributed by atoms with Crippen molar-refractivity contribution in [3.8, 4) is 5.75 Å². The Morgan fingerprint density at radius 3 is 2.71 bits per heavy atom. The number of benzene rings is 1. The number of methoxy groups -OCH3 is 1. The summed E-state index contributed by atoms with van der Waals surface area (Å²) in [5.41, 5.74) is 2.00. The fourth-order valence-corrected chi connectivity index (χ4v) is 4.30. The summed E-state index contributed by atoms with van der Waals surface area (Å²) >= 11 is 1.70. The molecule has 0 saturated carbocycles. The number of aryl methyl sites for hydroxylation is 1. The van der Waals surface area contributed by atoms with E-state index in [-0.39, 0.29) is 29.8 Å². The van der Waals surface area contributed by atoms with Crippen molar-refractivity contribution >= 4 is 41.3 Å². The normalized spacial score (nSPS) is 15.4. The Kier molecular flexibility index (Phi) is 11.0. The number of guanidine groups is 1. The van der Waals surface area contributed by atoms with Crippen LogP contribution in [-0.2, 0) is 19.5 Å². The highest BCUT2D eigenvalue weighted by molar-refractivity contribution is 14.0.